The number of rotatable bonds is 2. The summed E-state index contributed by atoms with van der Waals surface area (Å²) in [6.07, 6.45) is 1.76. The monoisotopic (exact) mass is 244 g/mol. The van der Waals surface area contributed by atoms with Gasteiger partial charge in [0.15, 0.2) is 0 Å². The first-order chi connectivity index (χ1) is 8.20. The molecule has 98 valence electrons. The third-order valence-corrected chi connectivity index (χ3v) is 2.49. The number of carbonyl (C=O) groups excluding carboxylic acids is 2. The van der Waals surface area contributed by atoms with Crippen molar-refractivity contribution >= 4 is 12.2 Å². The first-order valence-electron chi connectivity index (χ1n) is 6.09. The lowest BCUT2D eigenvalue weighted by Gasteiger charge is -2.31. The average Bonchev–Trinajstić information content (AvgIpc) is 2.54. The van der Waals surface area contributed by atoms with E-state index < -0.39 is 12.2 Å². The SMILES string of the molecule is CCOC(=O)N1CCCCCN1C(=O)OCC. The topological polar surface area (TPSA) is 59.1 Å². The van der Waals surface area contributed by atoms with Crippen molar-refractivity contribution in [2.75, 3.05) is 26.3 Å². The van der Waals surface area contributed by atoms with E-state index in [1.54, 1.807) is 13.8 Å². The molecule has 0 aromatic rings. The van der Waals surface area contributed by atoms with Crippen LogP contribution >= 0.6 is 0 Å². The highest BCUT2D eigenvalue weighted by atomic mass is 16.6. The van der Waals surface area contributed by atoms with Gasteiger partial charge in [-0.3, -0.25) is 0 Å². The summed E-state index contributed by atoms with van der Waals surface area (Å²) in [4.78, 5) is 23.4. The molecule has 0 spiro atoms. The fraction of sp³-hybridized carbons (Fsp3) is 0.818. The Hall–Kier alpha value is -1.46. The Kier molecular flexibility index (Phi) is 5.59. The van der Waals surface area contributed by atoms with Crippen LogP contribution in [0.25, 0.3) is 0 Å². The van der Waals surface area contributed by atoms with Gasteiger partial charge in [-0.25, -0.2) is 19.6 Å². The van der Waals surface area contributed by atoms with E-state index in [0.29, 0.717) is 26.3 Å². The molecule has 6 nitrogen and oxygen atoms in total. The van der Waals surface area contributed by atoms with Crippen LogP contribution in [0.15, 0.2) is 0 Å². The predicted octanol–water partition coefficient (Wildman–Crippen LogP) is 2.00. The van der Waals surface area contributed by atoms with E-state index in [4.69, 9.17) is 9.47 Å². The molecule has 0 radical (unpaired) electrons. The maximum absolute atomic E-state index is 11.7. The van der Waals surface area contributed by atoms with Gasteiger partial charge in [0.25, 0.3) is 0 Å². The number of hydrazine groups is 1. The summed E-state index contributed by atoms with van der Waals surface area (Å²) in [5, 5.41) is 2.68. The standard InChI is InChI=1S/C11H20N2O4/c1-3-16-10(14)12-8-6-5-7-9-13(12)11(15)17-4-2/h3-9H2,1-2H3. The minimum atomic E-state index is -0.484. The highest BCUT2D eigenvalue weighted by molar-refractivity contribution is 5.74. The van der Waals surface area contributed by atoms with Crippen molar-refractivity contribution < 1.29 is 19.1 Å². The molecule has 1 saturated heterocycles. The third kappa shape index (κ3) is 3.80. The maximum atomic E-state index is 11.7. The van der Waals surface area contributed by atoms with Gasteiger partial charge < -0.3 is 9.47 Å². The summed E-state index contributed by atoms with van der Waals surface area (Å²) in [7, 11) is 0. The van der Waals surface area contributed by atoms with Crippen LogP contribution in [0.5, 0.6) is 0 Å². The van der Waals surface area contributed by atoms with Gasteiger partial charge in [-0.2, -0.15) is 0 Å². The summed E-state index contributed by atoms with van der Waals surface area (Å²) in [5.41, 5.74) is 0. The zero-order valence-electron chi connectivity index (χ0n) is 10.5. The van der Waals surface area contributed by atoms with Crippen molar-refractivity contribution in [3.05, 3.63) is 0 Å². The smallest absolute Gasteiger partial charge is 0.428 e. The van der Waals surface area contributed by atoms with Gasteiger partial charge in [-0.15, -0.1) is 0 Å². The largest absolute Gasteiger partial charge is 0.448 e. The summed E-state index contributed by atoms with van der Waals surface area (Å²) in [5.74, 6) is 0. The van der Waals surface area contributed by atoms with Gasteiger partial charge in [-0.05, 0) is 33.1 Å². The van der Waals surface area contributed by atoms with E-state index in [1.165, 1.54) is 10.0 Å². The predicted molar refractivity (Wildman–Crippen MR) is 61.3 cm³/mol. The Morgan fingerprint density at radius 3 is 1.65 bits per heavy atom. The zero-order valence-corrected chi connectivity index (χ0v) is 10.5. The van der Waals surface area contributed by atoms with Crippen LogP contribution in [0.2, 0.25) is 0 Å². The molecule has 1 fully saturated rings. The lowest BCUT2D eigenvalue weighted by Crippen LogP contribution is -2.50. The molecule has 0 aromatic carbocycles. The molecule has 0 bridgehead atoms. The lowest BCUT2D eigenvalue weighted by atomic mass is 10.2. The quantitative estimate of drug-likeness (QED) is 0.745. The van der Waals surface area contributed by atoms with Crippen LogP contribution in [0, 0.1) is 0 Å². The Morgan fingerprint density at radius 1 is 0.882 bits per heavy atom. The summed E-state index contributed by atoms with van der Waals surface area (Å²) in [6, 6.07) is 0. The van der Waals surface area contributed by atoms with E-state index in [9.17, 15) is 9.59 Å². The molecule has 0 saturated carbocycles. The van der Waals surface area contributed by atoms with E-state index in [-0.39, 0.29) is 0 Å². The van der Waals surface area contributed by atoms with Crippen LogP contribution < -0.4 is 0 Å². The Bertz CT molecular complexity index is 244. The minimum Gasteiger partial charge on any atom is -0.448 e. The van der Waals surface area contributed by atoms with Gasteiger partial charge in [-0.1, -0.05) is 0 Å². The van der Waals surface area contributed by atoms with Crippen LogP contribution in [-0.2, 0) is 9.47 Å². The normalized spacial score (nSPS) is 16.4. The molecule has 1 heterocycles. The Balaban J connectivity index is 2.71. The molecule has 6 heteroatoms. The molecule has 2 amide bonds. The minimum absolute atomic E-state index is 0.298. The van der Waals surface area contributed by atoms with Gasteiger partial charge in [0.1, 0.15) is 0 Å². The second kappa shape index (κ2) is 6.98. The molecule has 0 atom stereocenters. The molecule has 17 heavy (non-hydrogen) atoms. The number of nitrogens with zero attached hydrogens (tertiary/aromatic N) is 2. The summed E-state index contributed by atoms with van der Waals surface area (Å²) in [6.45, 7) is 5.07. The van der Waals surface area contributed by atoms with Crippen LogP contribution in [0.4, 0.5) is 9.59 Å². The number of hydrogen-bond donors (Lipinski definition) is 0. The van der Waals surface area contributed by atoms with E-state index in [1.807, 2.05) is 0 Å². The molecule has 1 aliphatic heterocycles. The fourth-order valence-corrected chi connectivity index (χ4v) is 1.72. The summed E-state index contributed by atoms with van der Waals surface area (Å²) < 4.78 is 9.87. The number of hydrogen-bond acceptors (Lipinski definition) is 4. The summed E-state index contributed by atoms with van der Waals surface area (Å²) >= 11 is 0. The van der Waals surface area contributed by atoms with Crippen LogP contribution in [0.1, 0.15) is 33.1 Å². The first-order valence-corrected chi connectivity index (χ1v) is 6.09. The van der Waals surface area contributed by atoms with Crippen molar-refractivity contribution in [2.45, 2.75) is 33.1 Å². The van der Waals surface area contributed by atoms with Gasteiger partial charge in [0.05, 0.1) is 13.2 Å². The third-order valence-electron chi connectivity index (χ3n) is 2.49. The number of ether oxygens (including phenoxy) is 2. The van der Waals surface area contributed by atoms with Crippen LogP contribution in [0.3, 0.4) is 0 Å². The highest BCUT2D eigenvalue weighted by Crippen LogP contribution is 2.13. The molecule has 1 aliphatic rings. The van der Waals surface area contributed by atoms with Crippen molar-refractivity contribution in [1.82, 2.24) is 10.0 Å². The molecular formula is C11H20N2O4. The van der Waals surface area contributed by atoms with Crippen molar-refractivity contribution in [3.8, 4) is 0 Å². The Morgan fingerprint density at radius 2 is 1.29 bits per heavy atom. The lowest BCUT2D eigenvalue weighted by molar-refractivity contribution is -0.0145. The van der Waals surface area contributed by atoms with Gasteiger partial charge in [0.2, 0.25) is 0 Å². The van der Waals surface area contributed by atoms with E-state index in [0.717, 1.165) is 19.3 Å². The Labute approximate surface area is 101 Å². The average molecular weight is 244 g/mol. The molecular weight excluding hydrogens is 224 g/mol. The van der Waals surface area contributed by atoms with Gasteiger partial charge >= 0.3 is 12.2 Å². The maximum Gasteiger partial charge on any atom is 0.428 e. The zero-order chi connectivity index (χ0) is 12.7. The van der Waals surface area contributed by atoms with Gasteiger partial charge in [0, 0.05) is 13.1 Å². The molecule has 0 aromatic heterocycles. The van der Waals surface area contributed by atoms with E-state index in [2.05, 4.69) is 0 Å². The molecule has 0 unspecified atom stereocenters. The van der Waals surface area contributed by atoms with E-state index >= 15 is 0 Å². The molecule has 0 N–H and O–H groups in total. The number of amides is 2. The van der Waals surface area contributed by atoms with Crippen LogP contribution in [-0.4, -0.2) is 48.5 Å². The molecule has 0 aliphatic carbocycles. The fourth-order valence-electron chi connectivity index (χ4n) is 1.72. The number of carbonyl (C=O) groups is 2. The second-order valence-corrected chi connectivity index (χ2v) is 3.70. The highest BCUT2D eigenvalue weighted by Gasteiger charge is 2.29. The van der Waals surface area contributed by atoms with Crippen molar-refractivity contribution in [3.63, 3.8) is 0 Å². The second-order valence-electron chi connectivity index (χ2n) is 3.70. The first kappa shape index (κ1) is 13.6. The van der Waals surface area contributed by atoms with Crippen molar-refractivity contribution in [2.24, 2.45) is 0 Å². The van der Waals surface area contributed by atoms with Crippen molar-refractivity contribution in [1.29, 1.82) is 0 Å². The molecule has 1 rings (SSSR count).